The van der Waals surface area contributed by atoms with Gasteiger partial charge in [-0.25, -0.2) is 4.39 Å². The lowest BCUT2D eigenvalue weighted by Crippen LogP contribution is -2.36. The van der Waals surface area contributed by atoms with Crippen molar-refractivity contribution in [2.45, 2.75) is 110 Å². The molecule has 0 aromatic heterocycles. The molecule has 0 aromatic carbocycles. The SMILES string of the molecule is C=C1/C(=C\CC2CCC[C@]3(C)C([C@@H](C)C/C=C/C(O)(CC)CC)=CCC23)C[C@@H](O)C[C@@H]1F. The van der Waals surface area contributed by atoms with Crippen LogP contribution in [0.1, 0.15) is 91.9 Å². The highest BCUT2D eigenvalue weighted by molar-refractivity contribution is 5.35. The number of aliphatic hydroxyl groups excluding tert-OH is 1. The Hall–Kier alpha value is -1.19. The molecule has 3 aliphatic carbocycles. The zero-order valence-electron chi connectivity index (χ0n) is 20.7. The maximum atomic E-state index is 14.2. The van der Waals surface area contributed by atoms with E-state index in [2.05, 4.69) is 38.7 Å². The first-order valence-corrected chi connectivity index (χ1v) is 12.9. The lowest BCUT2D eigenvalue weighted by molar-refractivity contribution is 0.0823. The molecule has 3 rings (SSSR count). The van der Waals surface area contributed by atoms with Crippen molar-refractivity contribution in [1.82, 2.24) is 0 Å². The van der Waals surface area contributed by atoms with Crippen LogP contribution in [0, 0.1) is 23.2 Å². The monoisotopic (exact) mass is 444 g/mol. The van der Waals surface area contributed by atoms with Gasteiger partial charge in [0.25, 0.3) is 0 Å². The second-order valence-corrected chi connectivity index (χ2v) is 11.0. The standard InChI is InChI=1S/C29H45FO2/c1-6-29(32,7-2)17-8-10-20(3)25-14-15-26-22(11-9-16-28(25,26)5)12-13-23-18-24(31)19-27(30)21(23)4/h8,13-14,17,20,22,24,26-27,31-32H,4,6-7,9-12,15-16,18-19H2,1-3,5H3/b17-8+,23-13-/t20-,22?,24+,26?,27-,28+/m0/s1. The van der Waals surface area contributed by atoms with Crippen LogP contribution < -0.4 is 0 Å². The fraction of sp³-hybridized carbons (Fsp3) is 0.724. The Morgan fingerprint density at radius 3 is 2.75 bits per heavy atom. The van der Waals surface area contributed by atoms with E-state index < -0.39 is 17.9 Å². The number of aliphatic hydroxyl groups is 2. The van der Waals surface area contributed by atoms with E-state index in [1.165, 1.54) is 19.3 Å². The number of rotatable bonds is 8. The highest BCUT2D eigenvalue weighted by Gasteiger charge is 2.47. The van der Waals surface area contributed by atoms with Crippen LogP contribution in [0.3, 0.4) is 0 Å². The lowest BCUT2D eigenvalue weighted by atomic mass is 9.59. The Labute approximate surface area is 195 Å². The van der Waals surface area contributed by atoms with E-state index in [4.69, 9.17) is 0 Å². The first-order valence-electron chi connectivity index (χ1n) is 12.9. The summed E-state index contributed by atoms with van der Waals surface area (Å²) < 4.78 is 14.2. The Morgan fingerprint density at radius 1 is 1.34 bits per heavy atom. The number of halogens is 1. The molecule has 0 radical (unpaired) electrons. The van der Waals surface area contributed by atoms with Gasteiger partial charge >= 0.3 is 0 Å². The van der Waals surface area contributed by atoms with E-state index in [-0.39, 0.29) is 11.8 Å². The largest absolute Gasteiger partial charge is 0.393 e. The van der Waals surface area contributed by atoms with Crippen molar-refractivity contribution in [2.75, 3.05) is 0 Å². The quantitative estimate of drug-likeness (QED) is 0.387. The minimum atomic E-state index is -1.10. The molecule has 2 saturated carbocycles. The summed E-state index contributed by atoms with van der Waals surface area (Å²) in [6, 6.07) is 0. The smallest absolute Gasteiger partial charge is 0.127 e. The maximum Gasteiger partial charge on any atom is 0.127 e. The number of hydrogen-bond acceptors (Lipinski definition) is 2. The van der Waals surface area contributed by atoms with Crippen LogP contribution in [-0.2, 0) is 0 Å². The van der Waals surface area contributed by atoms with Crippen molar-refractivity contribution in [3.05, 3.63) is 47.6 Å². The molecule has 2 N–H and O–H groups in total. The Balaban J connectivity index is 1.66. The number of allylic oxidation sites excluding steroid dienone is 5. The molecule has 6 atom stereocenters. The average Bonchev–Trinajstić information content (AvgIpc) is 3.12. The second kappa shape index (κ2) is 10.4. The predicted octanol–water partition coefficient (Wildman–Crippen LogP) is 7.24. The van der Waals surface area contributed by atoms with Crippen molar-refractivity contribution < 1.29 is 14.6 Å². The van der Waals surface area contributed by atoms with E-state index in [0.29, 0.717) is 29.7 Å². The highest BCUT2D eigenvalue weighted by Crippen LogP contribution is 2.57. The van der Waals surface area contributed by atoms with Gasteiger partial charge in [0.1, 0.15) is 6.17 Å². The third-order valence-corrected chi connectivity index (χ3v) is 8.97. The molecule has 2 nitrogen and oxygen atoms in total. The van der Waals surface area contributed by atoms with E-state index in [9.17, 15) is 14.6 Å². The number of alkyl halides is 1. The van der Waals surface area contributed by atoms with Crippen molar-refractivity contribution in [3.8, 4) is 0 Å². The molecule has 2 fully saturated rings. The normalized spacial score (nSPS) is 35.9. The molecule has 0 bridgehead atoms. The van der Waals surface area contributed by atoms with Gasteiger partial charge < -0.3 is 10.2 Å². The number of hydrogen-bond donors (Lipinski definition) is 2. The van der Waals surface area contributed by atoms with Crippen molar-refractivity contribution in [2.24, 2.45) is 23.2 Å². The molecule has 0 saturated heterocycles. The molecule has 32 heavy (non-hydrogen) atoms. The summed E-state index contributed by atoms with van der Waals surface area (Å²) in [5, 5.41) is 20.5. The molecule has 0 heterocycles. The van der Waals surface area contributed by atoms with Gasteiger partial charge in [-0.3, -0.25) is 0 Å². The van der Waals surface area contributed by atoms with E-state index in [0.717, 1.165) is 37.7 Å². The maximum absolute atomic E-state index is 14.2. The zero-order chi connectivity index (χ0) is 23.5. The minimum absolute atomic E-state index is 0.188. The van der Waals surface area contributed by atoms with Gasteiger partial charge in [0, 0.05) is 6.42 Å². The van der Waals surface area contributed by atoms with Crippen LogP contribution in [-0.4, -0.2) is 28.1 Å². The first-order chi connectivity index (χ1) is 15.1. The van der Waals surface area contributed by atoms with Crippen LogP contribution >= 0.6 is 0 Å². The highest BCUT2D eigenvalue weighted by atomic mass is 19.1. The average molecular weight is 445 g/mol. The van der Waals surface area contributed by atoms with Crippen LogP contribution in [0.15, 0.2) is 47.6 Å². The minimum Gasteiger partial charge on any atom is -0.393 e. The van der Waals surface area contributed by atoms with Gasteiger partial charge in [0.15, 0.2) is 0 Å². The van der Waals surface area contributed by atoms with Crippen LogP contribution in [0.5, 0.6) is 0 Å². The predicted molar refractivity (Wildman–Crippen MR) is 132 cm³/mol. The van der Waals surface area contributed by atoms with Crippen LogP contribution in [0.25, 0.3) is 0 Å². The van der Waals surface area contributed by atoms with Gasteiger partial charge in [-0.15, -0.1) is 0 Å². The molecular formula is C29H45FO2. The van der Waals surface area contributed by atoms with Gasteiger partial charge in [-0.05, 0) is 85.7 Å². The molecule has 180 valence electrons. The summed E-state index contributed by atoms with van der Waals surface area (Å²) in [5.41, 5.74) is 2.69. The fourth-order valence-corrected chi connectivity index (χ4v) is 6.65. The second-order valence-electron chi connectivity index (χ2n) is 11.0. The topological polar surface area (TPSA) is 40.5 Å². The lowest BCUT2D eigenvalue weighted by Gasteiger charge is -2.45. The third-order valence-electron chi connectivity index (χ3n) is 8.97. The zero-order valence-corrected chi connectivity index (χ0v) is 20.7. The molecule has 0 aliphatic heterocycles. The third kappa shape index (κ3) is 5.30. The first kappa shape index (κ1) is 25.4. The Bertz CT molecular complexity index is 759. The van der Waals surface area contributed by atoms with Crippen LogP contribution in [0.2, 0.25) is 0 Å². The molecular weight excluding hydrogens is 399 g/mol. The summed E-state index contributed by atoms with van der Waals surface area (Å²) in [4.78, 5) is 0. The molecule has 0 spiro atoms. The Kier molecular flexibility index (Phi) is 8.25. The summed E-state index contributed by atoms with van der Waals surface area (Å²) in [6.07, 6.45) is 16.2. The molecule has 3 heteroatoms. The summed E-state index contributed by atoms with van der Waals surface area (Å²) in [7, 11) is 0. The molecule has 2 unspecified atom stereocenters. The van der Waals surface area contributed by atoms with E-state index >= 15 is 0 Å². The summed E-state index contributed by atoms with van der Waals surface area (Å²) in [6.45, 7) is 12.8. The van der Waals surface area contributed by atoms with Gasteiger partial charge in [0.05, 0.1) is 11.7 Å². The molecule has 0 aromatic rings. The molecule has 3 aliphatic rings. The number of fused-ring (bicyclic) bond motifs is 1. The molecule has 0 amide bonds. The Morgan fingerprint density at radius 2 is 2.06 bits per heavy atom. The van der Waals surface area contributed by atoms with E-state index in [1.54, 1.807) is 5.57 Å². The van der Waals surface area contributed by atoms with Crippen molar-refractivity contribution in [3.63, 3.8) is 0 Å². The fourth-order valence-electron chi connectivity index (χ4n) is 6.65. The summed E-state index contributed by atoms with van der Waals surface area (Å²) in [5.74, 6) is 1.73. The van der Waals surface area contributed by atoms with Crippen molar-refractivity contribution in [1.29, 1.82) is 0 Å². The van der Waals surface area contributed by atoms with Crippen LogP contribution in [0.4, 0.5) is 4.39 Å². The summed E-state index contributed by atoms with van der Waals surface area (Å²) >= 11 is 0. The van der Waals surface area contributed by atoms with Gasteiger partial charge in [-0.1, -0.05) is 70.6 Å². The van der Waals surface area contributed by atoms with E-state index in [1.807, 2.05) is 19.9 Å². The van der Waals surface area contributed by atoms with Gasteiger partial charge in [0.2, 0.25) is 0 Å². The van der Waals surface area contributed by atoms with Gasteiger partial charge in [-0.2, -0.15) is 0 Å². The van der Waals surface area contributed by atoms with Crippen molar-refractivity contribution >= 4 is 0 Å².